The summed E-state index contributed by atoms with van der Waals surface area (Å²) in [5, 5.41) is 13.4. The Morgan fingerprint density at radius 3 is 2.75 bits per heavy atom. The molecule has 164 valence electrons. The highest BCUT2D eigenvalue weighted by Gasteiger charge is 2.44. The summed E-state index contributed by atoms with van der Waals surface area (Å²) >= 11 is 3.45. The maximum Gasteiger partial charge on any atom is 0.295 e. The predicted octanol–water partition coefficient (Wildman–Crippen LogP) is 2.39. The van der Waals surface area contributed by atoms with Crippen molar-refractivity contribution in [1.29, 1.82) is 0 Å². The number of nitrogens with zero attached hydrogens (tertiary/aromatic N) is 2. The number of imidazole rings is 1. The Labute approximate surface area is 194 Å². The predicted molar refractivity (Wildman–Crippen MR) is 119 cm³/mol. The number of carbonyl (C=O) groups excluding carboxylic acids is 2. The van der Waals surface area contributed by atoms with E-state index < -0.39 is 23.5 Å². The molecule has 1 aliphatic rings. The lowest BCUT2D eigenvalue weighted by molar-refractivity contribution is -0.695. The summed E-state index contributed by atoms with van der Waals surface area (Å²) in [5.74, 6) is -1.36. The van der Waals surface area contributed by atoms with Gasteiger partial charge in [-0.1, -0.05) is 46.0 Å². The Morgan fingerprint density at radius 1 is 1.22 bits per heavy atom. The van der Waals surface area contributed by atoms with Gasteiger partial charge < -0.3 is 14.7 Å². The number of benzene rings is 2. The monoisotopic (exact) mass is 495 g/mol. The Hall–Kier alpha value is -3.39. The van der Waals surface area contributed by atoms with Crippen molar-refractivity contribution in [2.24, 2.45) is 0 Å². The number of carbonyl (C=O) groups is 2. The van der Waals surface area contributed by atoms with Gasteiger partial charge in [-0.2, -0.15) is 0 Å². The van der Waals surface area contributed by atoms with E-state index in [9.17, 15) is 14.7 Å². The van der Waals surface area contributed by atoms with Crippen LogP contribution in [-0.4, -0.2) is 35.2 Å². The zero-order valence-corrected chi connectivity index (χ0v) is 19.0. The average molecular weight is 496 g/mol. The number of Topliss-reactive ketones (excluding diaryl/α,β-unsaturated/α-hetero) is 1. The number of methoxy groups -OCH3 is 1. The van der Waals surface area contributed by atoms with Crippen LogP contribution in [-0.2, 0) is 16.1 Å². The van der Waals surface area contributed by atoms with Gasteiger partial charge in [-0.15, -0.1) is 0 Å². The lowest BCUT2D eigenvalue weighted by Crippen LogP contribution is -2.36. The Balaban J connectivity index is 1.75. The maximum absolute atomic E-state index is 13.4. The van der Waals surface area contributed by atoms with Crippen LogP contribution < -0.4 is 14.4 Å². The number of nitrogens with one attached hydrogen (secondary N) is 1. The third-order valence-electron chi connectivity index (χ3n) is 5.44. The lowest BCUT2D eigenvalue weighted by atomic mass is 9.95. The van der Waals surface area contributed by atoms with E-state index in [-0.39, 0.29) is 5.57 Å². The number of amides is 1. The first-order valence-corrected chi connectivity index (χ1v) is 11.0. The number of aryl methyl sites for hydroxylation is 1. The van der Waals surface area contributed by atoms with Gasteiger partial charge in [0.05, 0.1) is 19.7 Å². The Morgan fingerprint density at radius 2 is 2.03 bits per heavy atom. The minimum atomic E-state index is -0.753. The first kappa shape index (κ1) is 21.8. The number of halogens is 1. The van der Waals surface area contributed by atoms with E-state index in [0.29, 0.717) is 36.4 Å². The van der Waals surface area contributed by atoms with Crippen molar-refractivity contribution >= 4 is 33.4 Å². The number of aromatic nitrogens is 2. The normalized spacial score (nSPS) is 17.7. The second-order valence-electron chi connectivity index (χ2n) is 7.46. The van der Waals surface area contributed by atoms with Crippen molar-refractivity contribution < 1.29 is 24.0 Å². The lowest BCUT2D eigenvalue weighted by Gasteiger charge is -2.27. The molecule has 0 spiro atoms. The zero-order valence-electron chi connectivity index (χ0n) is 17.5. The van der Waals surface area contributed by atoms with Gasteiger partial charge in [-0.05, 0) is 35.4 Å². The molecule has 1 N–H and O–H groups in total. The smallest absolute Gasteiger partial charge is 0.295 e. The summed E-state index contributed by atoms with van der Waals surface area (Å²) in [6, 6.07) is 13.2. The first-order chi connectivity index (χ1) is 15.5. The maximum atomic E-state index is 13.4. The van der Waals surface area contributed by atoms with Gasteiger partial charge in [0.15, 0.2) is 0 Å². The van der Waals surface area contributed by atoms with E-state index in [0.717, 1.165) is 4.47 Å². The minimum Gasteiger partial charge on any atom is -0.872 e. The summed E-state index contributed by atoms with van der Waals surface area (Å²) in [6.45, 7) is 1.01. The standard InChI is InChI=1S/C24H22BrN3O4/c1-32-19-8-3-6-17(14-19)22(29)20-21(16-5-2-7-18(25)13-16)28(24(31)23(20)30)11-4-10-27-12-9-26-15-27/h2-3,5-9,12-15,21H,4,10-11H2,1H3,(H,29,30). The summed E-state index contributed by atoms with van der Waals surface area (Å²) in [6.07, 6.45) is 6.17. The van der Waals surface area contributed by atoms with Crippen LogP contribution in [0.25, 0.3) is 5.76 Å². The minimum absolute atomic E-state index is 0.0318. The van der Waals surface area contributed by atoms with Gasteiger partial charge >= 0.3 is 0 Å². The molecule has 1 atom stereocenters. The van der Waals surface area contributed by atoms with Crippen LogP contribution >= 0.6 is 15.9 Å². The van der Waals surface area contributed by atoms with E-state index >= 15 is 0 Å². The molecule has 8 heteroatoms. The number of likely N-dealkylation sites (tertiary alicyclic amines) is 1. The molecule has 1 unspecified atom stereocenters. The summed E-state index contributed by atoms with van der Waals surface area (Å²) < 4.78 is 7.98. The highest BCUT2D eigenvalue weighted by molar-refractivity contribution is 9.10. The second kappa shape index (κ2) is 9.40. The van der Waals surface area contributed by atoms with E-state index in [1.807, 2.05) is 47.6 Å². The molecule has 0 saturated carbocycles. The van der Waals surface area contributed by atoms with E-state index in [1.165, 1.54) is 12.0 Å². The highest BCUT2D eigenvalue weighted by atomic mass is 79.9. The fraction of sp³-hybridized carbons (Fsp3) is 0.208. The van der Waals surface area contributed by atoms with E-state index in [1.54, 1.807) is 24.3 Å². The van der Waals surface area contributed by atoms with Crippen LogP contribution in [0.1, 0.15) is 23.6 Å². The molecule has 7 nitrogen and oxygen atoms in total. The largest absolute Gasteiger partial charge is 0.872 e. The number of hydrogen-bond donors (Lipinski definition) is 1. The average Bonchev–Trinajstić information content (AvgIpc) is 3.41. The molecule has 2 heterocycles. The Kier molecular flexibility index (Phi) is 6.41. The molecule has 1 aromatic heterocycles. The number of hydrogen-bond acceptors (Lipinski definition) is 4. The molecule has 3 aromatic rings. The van der Waals surface area contributed by atoms with Crippen LogP contribution in [0.5, 0.6) is 5.75 Å². The summed E-state index contributed by atoms with van der Waals surface area (Å²) in [7, 11) is 1.51. The second-order valence-corrected chi connectivity index (χ2v) is 8.38. The number of H-pyrrole nitrogens is 1. The van der Waals surface area contributed by atoms with Crippen molar-refractivity contribution in [3.8, 4) is 5.75 Å². The van der Waals surface area contributed by atoms with E-state index in [4.69, 9.17) is 4.74 Å². The van der Waals surface area contributed by atoms with Gasteiger partial charge in [0.25, 0.3) is 5.91 Å². The van der Waals surface area contributed by atoms with Crippen molar-refractivity contribution in [1.82, 2.24) is 9.88 Å². The van der Waals surface area contributed by atoms with Gasteiger partial charge in [-0.25, -0.2) is 4.57 Å². The molecule has 2 aromatic carbocycles. The van der Waals surface area contributed by atoms with Crippen LogP contribution in [0.4, 0.5) is 0 Å². The molecule has 1 aliphatic heterocycles. The van der Waals surface area contributed by atoms with E-state index in [2.05, 4.69) is 20.9 Å². The molecule has 0 radical (unpaired) electrons. The van der Waals surface area contributed by atoms with Crippen molar-refractivity contribution in [3.05, 3.63) is 88.4 Å². The molecule has 4 rings (SSSR count). The van der Waals surface area contributed by atoms with Crippen LogP contribution in [0.3, 0.4) is 0 Å². The molecule has 0 bridgehead atoms. The number of ketones is 1. The SMILES string of the molecule is COc1cccc(/C([O-])=C2\C(=O)C(=O)N(CCC[n+]3cc[nH]c3)C2c2cccc(Br)c2)c1. The third kappa shape index (κ3) is 4.31. The molecule has 1 amide bonds. The molecular formula is C24H22BrN3O4. The highest BCUT2D eigenvalue weighted by Crippen LogP contribution is 2.39. The Bertz CT molecular complexity index is 1170. The van der Waals surface area contributed by atoms with Gasteiger partial charge in [-0.3, -0.25) is 14.6 Å². The molecular weight excluding hydrogens is 474 g/mol. The molecule has 0 aliphatic carbocycles. The number of ether oxygens (including phenoxy) is 1. The van der Waals surface area contributed by atoms with Gasteiger partial charge in [0.1, 0.15) is 18.1 Å². The number of rotatable bonds is 7. The number of aromatic amines is 1. The molecule has 32 heavy (non-hydrogen) atoms. The van der Waals surface area contributed by atoms with Crippen molar-refractivity contribution in [3.63, 3.8) is 0 Å². The summed E-state index contributed by atoms with van der Waals surface area (Å²) in [4.78, 5) is 30.5. The van der Waals surface area contributed by atoms with Crippen molar-refractivity contribution in [2.75, 3.05) is 13.7 Å². The zero-order chi connectivity index (χ0) is 22.7. The van der Waals surface area contributed by atoms with Gasteiger partial charge in [0, 0.05) is 23.0 Å². The summed E-state index contributed by atoms with van der Waals surface area (Å²) in [5.41, 5.74) is 0.986. The topological polar surface area (TPSA) is 89.3 Å². The van der Waals surface area contributed by atoms with Gasteiger partial charge in [0.2, 0.25) is 12.1 Å². The fourth-order valence-corrected chi connectivity index (χ4v) is 4.34. The molecule has 1 fully saturated rings. The van der Waals surface area contributed by atoms with Crippen LogP contribution in [0.2, 0.25) is 0 Å². The quantitative estimate of drug-likeness (QED) is 0.236. The van der Waals surface area contributed by atoms with Crippen molar-refractivity contribution in [2.45, 2.75) is 19.0 Å². The first-order valence-electron chi connectivity index (χ1n) is 10.2. The van der Waals surface area contributed by atoms with Crippen LogP contribution in [0.15, 0.2) is 77.3 Å². The fourth-order valence-electron chi connectivity index (χ4n) is 3.93. The molecule has 1 saturated heterocycles. The van der Waals surface area contributed by atoms with Crippen LogP contribution in [0, 0.1) is 0 Å². The third-order valence-corrected chi connectivity index (χ3v) is 5.94.